The van der Waals surface area contributed by atoms with Gasteiger partial charge in [-0.2, -0.15) is 0 Å². The lowest BCUT2D eigenvalue weighted by atomic mass is 10.2. The van der Waals surface area contributed by atoms with Crippen LogP contribution in [0.25, 0.3) is 0 Å². The van der Waals surface area contributed by atoms with Crippen LogP contribution < -0.4 is 5.32 Å². The van der Waals surface area contributed by atoms with Crippen molar-refractivity contribution in [3.8, 4) is 5.75 Å². The first-order valence-electron chi connectivity index (χ1n) is 5.53. The molecule has 0 bridgehead atoms. The van der Waals surface area contributed by atoms with Crippen molar-refractivity contribution in [3.63, 3.8) is 0 Å². The summed E-state index contributed by atoms with van der Waals surface area (Å²) in [5, 5.41) is 20.8. The maximum absolute atomic E-state index is 11.7. The van der Waals surface area contributed by atoms with E-state index in [1.54, 1.807) is 7.05 Å². The van der Waals surface area contributed by atoms with E-state index in [1.165, 1.54) is 30.2 Å². The third-order valence-corrected chi connectivity index (χ3v) is 2.46. The fourth-order valence-corrected chi connectivity index (χ4v) is 1.34. The zero-order valence-corrected chi connectivity index (χ0v) is 10.7. The molecule has 0 aliphatic rings. The van der Waals surface area contributed by atoms with Crippen molar-refractivity contribution in [1.82, 2.24) is 4.90 Å². The standard InChI is InChI=1S/C12H16N2O5/c1-14(5-6-19-2)12(18)13-8-3-4-9(11(16)17)10(15)7-8/h3-4,7,15H,5-6H2,1-2H3,(H,13,18)(H,16,17). The van der Waals surface area contributed by atoms with Gasteiger partial charge in [-0.05, 0) is 12.1 Å². The Labute approximate surface area is 110 Å². The van der Waals surface area contributed by atoms with Crippen LogP contribution in [0.1, 0.15) is 10.4 Å². The molecule has 0 heterocycles. The number of hydrogen-bond donors (Lipinski definition) is 3. The SMILES string of the molecule is COCCN(C)C(=O)Nc1ccc(C(=O)O)c(O)c1. The number of hydrogen-bond acceptors (Lipinski definition) is 4. The summed E-state index contributed by atoms with van der Waals surface area (Å²) in [5.41, 5.74) is 0.0995. The number of carboxylic acid groups (broad SMARTS) is 1. The fraction of sp³-hybridized carbons (Fsp3) is 0.333. The van der Waals surface area contributed by atoms with Crippen LogP contribution in [0.3, 0.4) is 0 Å². The lowest BCUT2D eigenvalue weighted by Gasteiger charge is -2.17. The number of methoxy groups -OCH3 is 1. The zero-order valence-electron chi connectivity index (χ0n) is 10.7. The predicted molar refractivity (Wildman–Crippen MR) is 68.6 cm³/mol. The van der Waals surface area contributed by atoms with Gasteiger partial charge < -0.3 is 25.2 Å². The third-order valence-electron chi connectivity index (χ3n) is 2.46. The van der Waals surface area contributed by atoms with Crippen molar-refractivity contribution in [1.29, 1.82) is 0 Å². The lowest BCUT2D eigenvalue weighted by molar-refractivity contribution is 0.0694. The molecule has 0 radical (unpaired) electrons. The molecule has 104 valence electrons. The van der Waals surface area contributed by atoms with Crippen LogP contribution in [0, 0.1) is 0 Å². The molecule has 2 amide bonds. The van der Waals surface area contributed by atoms with Gasteiger partial charge >= 0.3 is 12.0 Å². The van der Waals surface area contributed by atoms with Crippen LogP contribution in [-0.2, 0) is 4.74 Å². The second-order valence-corrected chi connectivity index (χ2v) is 3.88. The number of carbonyl (C=O) groups excluding carboxylic acids is 1. The van der Waals surface area contributed by atoms with E-state index in [9.17, 15) is 14.7 Å². The number of urea groups is 1. The van der Waals surface area contributed by atoms with E-state index in [4.69, 9.17) is 9.84 Å². The summed E-state index contributed by atoms with van der Waals surface area (Å²) in [4.78, 5) is 23.8. The number of aromatic carboxylic acids is 1. The lowest BCUT2D eigenvalue weighted by Crippen LogP contribution is -2.33. The number of nitrogens with one attached hydrogen (secondary N) is 1. The second-order valence-electron chi connectivity index (χ2n) is 3.88. The highest BCUT2D eigenvalue weighted by atomic mass is 16.5. The van der Waals surface area contributed by atoms with Gasteiger partial charge in [0.05, 0.1) is 6.61 Å². The number of rotatable bonds is 5. The Hall–Kier alpha value is -2.28. The molecule has 19 heavy (non-hydrogen) atoms. The van der Waals surface area contributed by atoms with Crippen LogP contribution in [-0.4, -0.2) is 54.4 Å². The zero-order chi connectivity index (χ0) is 14.4. The van der Waals surface area contributed by atoms with Gasteiger partial charge in [-0.15, -0.1) is 0 Å². The molecule has 0 saturated carbocycles. The van der Waals surface area contributed by atoms with E-state index in [0.717, 1.165) is 0 Å². The topological polar surface area (TPSA) is 99.1 Å². The van der Waals surface area contributed by atoms with Crippen molar-refractivity contribution in [2.75, 3.05) is 32.6 Å². The smallest absolute Gasteiger partial charge is 0.339 e. The molecule has 1 aromatic rings. The normalized spacial score (nSPS) is 10.0. The van der Waals surface area contributed by atoms with Crippen LogP contribution in [0.4, 0.5) is 10.5 Å². The van der Waals surface area contributed by atoms with Crippen LogP contribution in [0.2, 0.25) is 0 Å². The van der Waals surface area contributed by atoms with Gasteiger partial charge in [-0.1, -0.05) is 0 Å². The molecular formula is C12H16N2O5. The molecule has 7 heteroatoms. The Kier molecular flexibility index (Phi) is 5.13. The molecule has 0 saturated heterocycles. The number of phenols is 1. The van der Waals surface area contributed by atoms with Gasteiger partial charge in [0.2, 0.25) is 0 Å². The second kappa shape index (κ2) is 6.60. The Bertz CT molecular complexity index is 475. The molecule has 0 atom stereocenters. The van der Waals surface area contributed by atoms with E-state index in [2.05, 4.69) is 5.32 Å². The summed E-state index contributed by atoms with van der Waals surface area (Å²) in [6.45, 7) is 0.828. The average Bonchev–Trinajstić information content (AvgIpc) is 2.35. The molecular weight excluding hydrogens is 252 g/mol. The van der Waals surface area contributed by atoms with Crippen molar-refractivity contribution in [2.45, 2.75) is 0 Å². The van der Waals surface area contributed by atoms with E-state index in [0.29, 0.717) is 18.8 Å². The van der Waals surface area contributed by atoms with Crippen LogP contribution >= 0.6 is 0 Å². The maximum Gasteiger partial charge on any atom is 0.339 e. The molecule has 0 aliphatic heterocycles. The van der Waals surface area contributed by atoms with E-state index < -0.39 is 11.7 Å². The summed E-state index contributed by atoms with van der Waals surface area (Å²) in [6.07, 6.45) is 0. The monoisotopic (exact) mass is 268 g/mol. The number of anilines is 1. The minimum atomic E-state index is -1.23. The first-order valence-corrected chi connectivity index (χ1v) is 5.53. The van der Waals surface area contributed by atoms with Gasteiger partial charge in [0.15, 0.2) is 0 Å². The number of ether oxygens (including phenoxy) is 1. The molecule has 1 aromatic carbocycles. The van der Waals surface area contributed by atoms with Crippen LogP contribution in [0.15, 0.2) is 18.2 Å². The Morgan fingerprint density at radius 3 is 2.63 bits per heavy atom. The van der Waals surface area contributed by atoms with Gasteiger partial charge in [0.1, 0.15) is 11.3 Å². The minimum absolute atomic E-state index is 0.217. The number of carboxylic acids is 1. The van der Waals surface area contributed by atoms with E-state index >= 15 is 0 Å². The highest BCUT2D eigenvalue weighted by Gasteiger charge is 2.12. The summed E-state index contributed by atoms with van der Waals surface area (Å²) < 4.78 is 4.85. The summed E-state index contributed by atoms with van der Waals surface area (Å²) in [5.74, 6) is -1.63. The Morgan fingerprint density at radius 1 is 1.42 bits per heavy atom. The number of aromatic hydroxyl groups is 1. The molecule has 0 aliphatic carbocycles. The molecule has 0 unspecified atom stereocenters. The van der Waals surface area contributed by atoms with Gasteiger partial charge in [0.25, 0.3) is 0 Å². The molecule has 0 spiro atoms. The number of benzene rings is 1. The highest BCUT2D eigenvalue weighted by molar-refractivity contribution is 5.93. The summed E-state index contributed by atoms with van der Waals surface area (Å²) in [6, 6.07) is 3.44. The van der Waals surface area contributed by atoms with Crippen molar-refractivity contribution in [3.05, 3.63) is 23.8 Å². The maximum atomic E-state index is 11.7. The van der Waals surface area contributed by atoms with Crippen molar-refractivity contribution in [2.24, 2.45) is 0 Å². The average molecular weight is 268 g/mol. The first-order chi connectivity index (χ1) is 8.95. The molecule has 1 rings (SSSR count). The van der Waals surface area contributed by atoms with Crippen molar-refractivity contribution >= 4 is 17.7 Å². The van der Waals surface area contributed by atoms with E-state index in [-0.39, 0.29) is 11.6 Å². The Morgan fingerprint density at radius 2 is 2.11 bits per heavy atom. The quantitative estimate of drug-likeness (QED) is 0.745. The van der Waals surface area contributed by atoms with Gasteiger partial charge in [0, 0.05) is 32.5 Å². The van der Waals surface area contributed by atoms with E-state index in [1.807, 2.05) is 0 Å². The summed E-state index contributed by atoms with van der Waals surface area (Å²) >= 11 is 0. The number of likely N-dealkylation sites (N-methyl/N-ethyl adjacent to an activating group) is 1. The van der Waals surface area contributed by atoms with Gasteiger partial charge in [-0.3, -0.25) is 0 Å². The molecule has 7 nitrogen and oxygen atoms in total. The van der Waals surface area contributed by atoms with Crippen LogP contribution in [0.5, 0.6) is 5.75 Å². The Balaban J connectivity index is 2.70. The fourth-order valence-electron chi connectivity index (χ4n) is 1.34. The summed E-state index contributed by atoms with van der Waals surface area (Å²) in [7, 11) is 3.13. The van der Waals surface area contributed by atoms with Gasteiger partial charge in [-0.25, -0.2) is 9.59 Å². The largest absolute Gasteiger partial charge is 0.507 e. The minimum Gasteiger partial charge on any atom is -0.507 e. The molecule has 0 fully saturated rings. The first kappa shape index (κ1) is 14.8. The van der Waals surface area contributed by atoms with Crippen molar-refractivity contribution < 1.29 is 24.5 Å². The molecule has 3 N–H and O–H groups in total. The predicted octanol–water partition coefficient (Wildman–Crippen LogP) is 1.20. The highest BCUT2D eigenvalue weighted by Crippen LogP contribution is 2.22. The number of carbonyl (C=O) groups is 2. The third kappa shape index (κ3) is 4.14. The number of nitrogens with zero attached hydrogens (tertiary/aromatic N) is 1. The molecule has 0 aromatic heterocycles. The number of amides is 2.